The molecule has 0 saturated carbocycles. The van der Waals surface area contributed by atoms with Crippen LogP contribution in [0.25, 0.3) is 11.3 Å². The van der Waals surface area contributed by atoms with Crippen LogP contribution in [-0.2, 0) is 6.42 Å². The second-order valence-corrected chi connectivity index (χ2v) is 3.58. The predicted molar refractivity (Wildman–Crippen MR) is 53.7 cm³/mol. The highest BCUT2D eigenvalue weighted by Gasteiger charge is 2.24. The molecule has 15 heavy (non-hydrogen) atoms. The average Bonchev–Trinajstić information content (AvgIpc) is 2.57. The number of H-pyrrole nitrogens is 1. The summed E-state index contributed by atoms with van der Waals surface area (Å²) in [6.07, 6.45) is 3.61. The van der Waals surface area contributed by atoms with Crippen LogP contribution in [0.4, 0.5) is 0 Å². The van der Waals surface area contributed by atoms with Crippen LogP contribution in [0.15, 0.2) is 17.3 Å². The molecule has 0 unspecified atom stereocenters. The maximum absolute atomic E-state index is 11.6. The number of aromatic amines is 1. The molecular weight excluding hydrogens is 216 g/mol. The number of hydrogen-bond donors (Lipinski definition) is 1. The van der Waals surface area contributed by atoms with Crippen LogP contribution < -0.4 is 5.56 Å². The number of rotatable bonds is 0. The lowest BCUT2D eigenvalue weighted by atomic mass is 10.2. The third kappa shape index (κ3) is 1.16. The molecule has 5 nitrogen and oxygen atoms in total. The van der Waals surface area contributed by atoms with Crippen molar-refractivity contribution in [3.8, 4) is 11.3 Å². The molecule has 0 atom stereocenters. The van der Waals surface area contributed by atoms with Gasteiger partial charge >= 0.3 is 0 Å². The lowest BCUT2D eigenvalue weighted by Crippen LogP contribution is -2.10. The molecule has 0 saturated heterocycles. The van der Waals surface area contributed by atoms with Crippen molar-refractivity contribution < 1.29 is 0 Å². The van der Waals surface area contributed by atoms with E-state index < -0.39 is 0 Å². The molecule has 6 heteroatoms. The normalized spacial score (nSPS) is 12.3. The molecular formula is C9H5ClN4O. The Morgan fingerprint density at radius 3 is 3.13 bits per heavy atom. The Hall–Kier alpha value is -1.75. The second-order valence-electron chi connectivity index (χ2n) is 3.24. The average molecular weight is 221 g/mol. The summed E-state index contributed by atoms with van der Waals surface area (Å²) >= 11 is 5.69. The number of hydrogen-bond acceptors (Lipinski definition) is 4. The predicted octanol–water partition coefficient (Wildman–Crippen LogP) is 0.784. The van der Waals surface area contributed by atoms with Gasteiger partial charge in [0, 0.05) is 18.2 Å². The summed E-state index contributed by atoms with van der Waals surface area (Å²) in [5, 5.41) is 0.143. The Kier molecular flexibility index (Phi) is 1.63. The van der Waals surface area contributed by atoms with E-state index in [0.29, 0.717) is 17.7 Å². The summed E-state index contributed by atoms with van der Waals surface area (Å²) in [5.74, 6) is 0. The van der Waals surface area contributed by atoms with Gasteiger partial charge in [-0.15, -0.1) is 0 Å². The fraction of sp³-hybridized carbons (Fsp3) is 0.111. The summed E-state index contributed by atoms with van der Waals surface area (Å²) in [4.78, 5) is 26.1. The maximum Gasteiger partial charge on any atom is 0.260 e. The van der Waals surface area contributed by atoms with Gasteiger partial charge in [0.25, 0.3) is 5.56 Å². The van der Waals surface area contributed by atoms with Crippen LogP contribution in [0.1, 0.15) is 11.3 Å². The van der Waals surface area contributed by atoms with E-state index >= 15 is 0 Å². The first-order chi connectivity index (χ1) is 7.25. The smallest absolute Gasteiger partial charge is 0.260 e. The zero-order valence-corrected chi connectivity index (χ0v) is 8.25. The molecule has 0 amide bonds. The summed E-state index contributed by atoms with van der Waals surface area (Å²) in [7, 11) is 0. The fourth-order valence-corrected chi connectivity index (χ4v) is 1.86. The van der Waals surface area contributed by atoms with Crippen molar-refractivity contribution in [3.05, 3.63) is 39.4 Å². The molecule has 2 aromatic heterocycles. The summed E-state index contributed by atoms with van der Waals surface area (Å²) in [6.45, 7) is 0. The molecule has 0 spiro atoms. The SMILES string of the molecule is O=c1[nH]cnc2c1-c1nc(Cl)ncc1C2. The van der Waals surface area contributed by atoms with Crippen LogP contribution >= 0.6 is 11.6 Å². The first-order valence-electron chi connectivity index (χ1n) is 4.34. The van der Waals surface area contributed by atoms with E-state index in [-0.39, 0.29) is 10.8 Å². The molecule has 0 radical (unpaired) electrons. The molecule has 1 N–H and O–H groups in total. The summed E-state index contributed by atoms with van der Waals surface area (Å²) in [5.41, 5.74) is 2.54. The lowest BCUT2D eigenvalue weighted by Gasteiger charge is -1.97. The van der Waals surface area contributed by atoms with Gasteiger partial charge in [-0.2, -0.15) is 0 Å². The van der Waals surface area contributed by atoms with Gasteiger partial charge < -0.3 is 4.98 Å². The minimum absolute atomic E-state index is 0.143. The van der Waals surface area contributed by atoms with Gasteiger partial charge in [0.2, 0.25) is 5.28 Å². The van der Waals surface area contributed by atoms with Gasteiger partial charge in [-0.3, -0.25) is 4.79 Å². The molecule has 0 aliphatic heterocycles. The van der Waals surface area contributed by atoms with Crippen molar-refractivity contribution in [1.29, 1.82) is 0 Å². The van der Waals surface area contributed by atoms with Crippen LogP contribution in [0.2, 0.25) is 5.28 Å². The Morgan fingerprint density at radius 1 is 1.40 bits per heavy atom. The summed E-state index contributed by atoms with van der Waals surface area (Å²) in [6, 6.07) is 0. The standard InChI is InChI=1S/C9H5ClN4O/c10-9-11-2-4-1-5-6(7(4)14-9)8(15)13-3-12-5/h2-3H,1H2,(H,12,13,15). The van der Waals surface area contributed by atoms with Gasteiger partial charge in [-0.05, 0) is 11.6 Å². The Labute approximate surface area is 89.2 Å². The highest BCUT2D eigenvalue weighted by Crippen LogP contribution is 2.30. The minimum Gasteiger partial charge on any atom is -0.313 e. The van der Waals surface area contributed by atoms with Gasteiger partial charge in [0.05, 0.1) is 23.3 Å². The Morgan fingerprint density at radius 2 is 2.27 bits per heavy atom. The largest absolute Gasteiger partial charge is 0.313 e. The molecule has 0 aromatic carbocycles. The van der Waals surface area contributed by atoms with Crippen molar-refractivity contribution in [3.63, 3.8) is 0 Å². The zero-order valence-electron chi connectivity index (χ0n) is 7.49. The van der Waals surface area contributed by atoms with E-state index in [1.54, 1.807) is 6.20 Å². The minimum atomic E-state index is -0.187. The van der Waals surface area contributed by atoms with Gasteiger partial charge in [0.1, 0.15) is 0 Å². The maximum atomic E-state index is 11.6. The van der Waals surface area contributed by atoms with E-state index in [1.165, 1.54) is 6.33 Å². The van der Waals surface area contributed by atoms with Crippen molar-refractivity contribution in [2.24, 2.45) is 0 Å². The zero-order chi connectivity index (χ0) is 10.4. The highest BCUT2D eigenvalue weighted by molar-refractivity contribution is 6.28. The van der Waals surface area contributed by atoms with Crippen molar-refractivity contribution in [2.75, 3.05) is 0 Å². The van der Waals surface area contributed by atoms with Crippen molar-refractivity contribution in [2.45, 2.75) is 6.42 Å². The first-order valence-corrected chi connectivity index (χ1v) is 4.72. The van der Waals surface area contributed by atoms with E-state index in [9.17, 15) is 4.79 Å². The third-order valence-corrected chi connectivity index (χ3v) is 2.54. The van der Waals surface area contributed by atoms with Crippen LogP contribution in [0.5, 0.6) is 0 Å². The number of nitrogens with one attached hydrogen (secondary N) is 1. The first kappa shape index (κ1) is 8.55. The van der Waals surface area contributed by atoms with Crippen LogP contribution in [0, 0.1) is 0 Å². The van der Waals surface area contributed by atoms with Gasteiger partial charge in [-0.25, -0.2) is 15.0 Å². The van der Waals surface area contributed by atoms with Gasteiger partial charge in [-0.1, -0.05) is 0 Å². The number of aromatic nitrogens is 4. The Bertz CT molecular complexity index is 607. The third-order valence-electron chi connectivity index (χ3n) is 2.36. The highest BCUT2D eigenvalue weighted by atomic mass is 35.5. The van der Waals surface area contributed by atoms with Crippen LogP contribution in [0.3, 0.4) is 0 Å². The summed E-state index contributed by atoms with van der Waals surface area (Å²) < 4.78 is 0. The quantitative estimate of drug-likeness (QED) is 0.569. The van der Waals surface area contributed by atoms with Crippen molar-refractivity contribution in [1.82, 2.24) is 19.9 Å². The monoisotopic (exact) mass is 220 g/mol. The van der Waals surface area contributed by atoms with E-state index in [4.69, 9.17) is 11.6 Å². The fourth-order valence-electron chi connectivity index (χ4n) is 1.73. The number of nitrogens with zero attached hydrogens (tertiary/aromatic N) is 3. The number of fused-ring (bicyclic) bond motifs is 3. The molecule has 1 aliphatic rings. The molecule has 2 heterocycles. The molecule has 0 fully saturated rings. The van der Waals surface area contributed by atoms with Crippen molar-refractivity contribution >= 4 is 11.6 Å². The Balaban J connectivity index is 2.38. The van der Waals surface area contributed by atoms with E-state index in [2.05, 4.69) is 19.9 Å². The molecule has 0 bridgehead atoms. The van der Waals surface area contributed by atoms with Crippen LogP contribution in [-0.4, -0.2) is 19.9 Å². The van der Waals surface area contributed by atoms with E-state index in [0.717, 1.165) is 11.3 Å². The topological polar surface area (TPSA) is 71.5 Å². The molecule has 2 aromatic rings. The molecule has 74 valence electrons. The number of halogens is 1. The van der Waals surface area contributed by atoms with E-state index in [1.807, 2.05) is 0 Å². The van der Waals surface area contributed by atoms with Gasteiger partial charge in [0.15, 0.2) is 0 Å². The molecule has 3 rings (SSSR count). The second kappa shape index (κ2) is 2.87. The lowest BCUT2D eigenvalue weighted by molar-refractivity contribution is 1.04. The molecule has 1 aliphatic carbocycles.